The van der Waals surface area contributed by atoms with E-state index in [1.807, 2.05) is 12.1 Å². The van der Waals surface area contributed by atoms with Gasteiger partial charge < -0.3 is 10.2 Å². The van der Waals surface area contributed by atoms with Crippen molar-refractivity contribution < 1.29 is 19.4 Å². The Morgan fingerprint density at radius 2 is 1.34 bits per heavy atom. The summed E-state index contributed by atoms with van der Waals surface area (Å²) >= 11 is 0. The number of allylic oxidation sites excluding steroid dienone is 1. The summed E-state index contributed by atoms with van der Waals surface area (Å²) < 4.78 is 13.6. The molecule has 0 heterocycles. The zero-order valence-corrected chi connectivity index (χ0v) is 17.5. The summed E-state index contributed by atoms with van der Waals surface area (Å²) in [5.41, 5.74) is 4.94. The van der Waals surface area contributed by atoms with E-state index in [1.165, 1.54) is 17.7 Å². The first-order valence-corrected chi connectivity index (χ1v) is 9.97. The lowest BCUT2D eigenvalue weighted by atomic mass is 9.62. The van der Waals surface area contributed by atoms with Gasteiger partial charge in [0.25, 0.3) is 0 Å². The number of carbonyl (C=O) groups is 1. The van der Waals surface area contributed by atoms with Gasteiger partial charge in [-0.2, -0.15) is 0 Å². The number of rotatable bonds is 4. The van der Waals surface area contributed by atoms with E-state index in [9.17, 15) is 14.3 Å². The van der Waals surface area contributed by atoms with Crippen LogP contribution in [0.2, 0.25) is 0 Å². The van der Waals surface area contributed by atoms with Gasteiger partial charge in [-0.1, -0.05) is 69.7 Å². The molecule has 1 aliphatic carbocycles. The van der Waals surface area contributed by atoms with Crippen LogP contribution in [-0.2, 0) is 4.79 Å². The average molecular weight is 397 g/mol. The van der Waals surface area contributed by atoms with Crippen LogP contribution in [0.1, 0.15) is 69.8 Å². The van der Waals surface area contributed by atoms with Crippen molar-refractivity contribution in [3.63, 3.8) is 0 Å². The Bertz CT molecular complexity index is 904. The van der Waals surface area contributed by atoms with Gasteiger partial charge in [-0.15, -0.1) is 0 Å². The minimum absolute atomic E-state index is 0.155. The Balaban J connectivity index is 2.14. The number of hydrogen-bond donors (Lipinski definition) is 2. The monoisotopic (exact) mass is 396 g/mol. The Hall–Kier alpha value is -2.46. The molecule has 2 N–H and O–H groups in total. The molecule has 2 aromatic rings. The minimum atomic E-state index is -1.54. The van der Waals surface area contributed by atoms with Crippen LogP contribution in [0.15, 0.2) is 54.1 Å². The number of aliphatic hydroxyl groups is 1. The second-order valence-electron chi connectivity index (χ2n) is 9.71. The molecule has 1 saturated carbocycles. The molecule has 0 spiro atoms. The van der Waals surface area contributed by atoms with Crippen LogP contribution in [0.4, 0.5) is 4.39 Å². The smallest absolute Gasteiger partial charge is 0.337 e. The van der Waals surface area contributed by atoms with Crippen molar-refractivity contribution in [2.45, 2.75) is 53.1 Å². The molecular weight excluding hydrogens is 367 g/mol. The molecule has 0 bridgehead atoms. The molecule has 1 aliphatic rings. The molecule has 0 aliphatic heterocycles. The summed E-state index contributed by atoms with van der Waals surface area (Å²) in [5, 5.41) is 18.8. The number of carboxylic acid groups (broad SMARTS) is 1. The van der Waals surface area contributed by atoms with Crippen LogP contribution in [0, 0.1) is 16.6 Å². The highest BCUT2D eigenvalue weighted by molar-refractivity contribution is 5.83. The van der Waals surface area contributed by atoms with Gasteiger partial charge >= 0.3 is 5.97 Å². The van der Waals surface area contributed by atoms with Gasteiger partial charge in [-0.25, -0.2) is 9.18 Å². The van der Waals surface area contributed by atoms with Crippen LogP contribution in [0.3, 0.4) is 0 Å². The van der Waals surface area contributed by atoms with Gasteiger partial charge in [0.05, 0.1) is 0 Å². The summed E-state index contributed by atoms with van der Waals surface area (Å²) in [6.45, 7) is 9.12. The molecule has 2 aromatic carbocycles. The van der Waals surface area contributed by atoms with Gasteiger partial charge in [0, 0.05) is 0 Å². The molecule has 3 rings (SSSR count). The number of carboxylic acids is 1. The van der Waals surface area contributed by atoms with Crippen molar-refractivity contribution in [2.75, 3.05) is 0 Å². The third-order valence-corrected chi connectivity index (χ3v) is 5.58. The summed E-state index contributed by atoms with van der Waals surface area (Å²) in [6, 6.07) is 13.5. The first-order valence-electron chi connectivity index (χ1n) is 9.97. The lowest BCUT2D eigenvalue weighted by molar-refractivity contribution is -0.146. The first kappa shape index (κ1) is 21.3. The highest BCUT2D eigenvalue weighted by Crippen LogP contribution is 2.50. The van der Waals surface area contributed by atoms with Crippen molar-refractivity contribution in [3.05, 3.63) is 76.6 Å². The molecule has 0 radical (unpaired) electrons. The summed E-state index contributed by atoms with van der Waals surface area (Å²) in [7, 11) is 0. The minimum Gasteiger partial charge on any atom is -0.479 e. The molecule has 4 heteroatoms. The van der Waals surface area contributed by atoms with Crippen molar-refractivity contribution in [1.29, 1.82) is 0 Å². The van der Waals surface area contributed by atoms with Gasteiger partial charge in [0.15, 0.2) is 6.10 Å². The van der Waals surface area contributed by atoms with E-state index in [1.54, 1.807) is 24.3 Å². The predicted octanol–water partition coefficient (Wildman–Crippen LogP) is 5.98. The van der Waals surface area contributed by atoms with Crippen molar-refractivity contribution in [3.8, 4) is 0 Å². The fraction of sp³-hybridized carbons (Fsp3) is 0.400. The van der Waals surface area contributed by atoms with Gasteiger partial charge in [-0.3, -0.25) is 0 Å². The Labute approximate surface area is 171 Å². The SMILES string of the molecule is CC1(C)CC(=C(c2ccc(F)cc2)c2ccc(C(O)C(=O)O)cc2)CC(C)(C)C1. The summed E-state index contributed by atoms with van der Waals surface area (Å²) in [6.07, 6.45) is 1.48. The number of aliphatic hydroxyl groups excluding tert-OH is 1. The maximum atomic E-state index is 13.6. The molecule has 1 atom stereocenters. The largest absolute Gasteiger partial charge is 0.479 e. The van der Waals surface area contributed by atoms with Crippen molar-refractivity contribution in [2.24, 2.45) is 10.8 Å². The first-order chi connectivity index (χ1) is 13.5. The third kappa shape index (κ3) is 4.94. The van der Waals surface area contributed by atoms with Gasteiger partial charge in [-0.05, 0) is 64.5 Å². The maximum Gasteiger partial charge on any atom is 0.337 e. The Morgan fingerprint density at radius 1 is 0.897 bits per heavy atom. The van der Waals surface area contributed by atoms with E-state index < -0.39 is 12.1 Å². The average Bonchev–Trinajstić information content (AvgIpc) is 2.61. The Kier molecular flexibility index (Phi) is 5.68. The zero-order valence-electron chi connectivity index (χ0n) is 17.5. The number of aliphatic carboxylic acids is 1. The molecule has 1 fully saturated rings. The van der Waals surface area contributed by atoms with Gasteiger partial charge in [0.2, 0.25) is 0 Å². The van der Waals surface area contributed by atoms with E-state index in [4.69, 9.17) is 5.11 Å². The van der Waals surface area contributed by atoms with Crippen molar-refractivity contribution in [1.82, 2.24) is 0 Å². The lowest BCUT2D eigenvalue weighted by Crippen LogP contribution is -2.30. The van der Waals surface area contributed by atoms with Crippen LogP contribution in [0.25, 0.3) is 5.57 Å². The number of hydrogen-bond acceptors (Lipinski definition) is 2. The fourth-order valence-electron chi connectivity index (χ4n) is 4.98. The lowest BCUT2D eigenvalue weighted by Gasteiger charge is -2.43. The molecule has 0 saturated heterocycles. The zero-order chi connectivity index (χ0) is 21.4. The molecule has 1 unspecified atom stereocenters. The Morgan fingerprint density at radius 3 is 1.79 bits per heavy atom. The quantitative estimate of drug-likeness (QED) is 0.668. The van der Waals surface area contributed by atoms with Crippen LogP contribution >= 0.6 is 0 Å². The standard InChI is InChI=1S/C25H29FO3/c1-24(2)13-19(14-25(3,4)15-24)21(17-9-11-20(26)12-10-17)16-5-7-18(8-6-16)22(27)23(28)29/h5-12,22,27H,13-15H2,1-4H3,(H,28,29). The number of benzene rings is 2. The summed E-state index contributed by atoms with van der Waals surface area (Å²) in [5.74, 6) is -1.55. The van der Waals surface area contributed by atoms with Crippen molar-refractivity contribution >= 4 is 11.5 Å². The normalized spacial score (nSPS) is 18.9. The van der Waals surface area contributed by atoms with E-state index in [0.29, 0.717) is 5.56 Å². The van der Waals surface area contributed by atoms with E-state index >= 15 is 0 Å². The third-order valence-electron chi connectivity index (χ3n) is 5.58. The molecule has 0 amide bonds. The molecule has 0 aromatic heterocycles. The maximum absolute atomic E-state index is 13.6. The molecule has 29 heavy (non-hydrogen) atoms. The van der Waals surface area contributed by atoms with E-state index in [2.05, 4.69) is 27.7 Å². The summed E-state index contributed by atoms with van der Waals surface area (Å²) in [4.78, 5) is 11.1. The van der Waals surface area contributed by atoms with Crippen LogP contribution in [-0.4, -0.2) is 16.2 Å². The molecular formula is C25H29FO3. The van der Waals surface area contributed by atoms with Gasteiger partial charge in [0.1, 0.15) is 5.82 Å². The van der Waals surface area contributed by atoms with Crippen LogP contribution < -0.4 is 0 Å². The van der Waals surface area contributed by atoms with E-state index in [-0.39, 0.29) is 16.6 Å². The number of halogens is 1. The fourth-order valence-corrected chi connectivity index (χ4v) is 4.98. The molecule has 3 nitrogen and oxygen atoms in total. The highest BCUT2D eigenvalue weighted by Gasteiger charge is 2.37. The second kappa shape index (κ2) is 7.75. The van der Waals surface area contributed by atoms with E-state index in [0.717, 1.165) is 36.0 Å². The highest BCUT2D eigenvalue weighted by atomic mass is 19.1. The second-order valence-corrected chi connectivity index (χ2v) is 9.71. The topological polar surface area (TPSA) is 57.5 Å². The predicted molar refractivity (Wildman–Crippen MR) is 113 cm³/mol. The molecule has 154 valence electrons. The van der Waals surface area contributed by atoms with Crippen LogP contribution in [0.5, 0.6) is 0 Å².